The molecule has 2 heterocycles. The van der Waals surface area contributed by atoms with Crippen LogP contribution in [0.15, 0.2) is 42.7 Å². The van der Waals surface area contributed by atoms with Gasteiger partial charge in [0.05, 0.1) is 18.0 Å². The van der Waals surface area contributed by atoms with Crippen molar-refractivity contribution in [3.05, 3.63) is 65.5 Å². The zero-order chi connectivity index (χ0) is 23.5. The molecular weight excluding hydrogens is 442 g/mol. The Labute approximate surface area is 184 Å². The maximum atomic E-state index is 14.2. The topological polar surface area (TPSA) is 136 Å². The van der Waals surface area contributed by atoms with Crippen molar-refractivity contribution in [2.45, 2.75) is 18.9 Å². The summed E-state index contributed by atoms with van der Waals surface area (Å²) in [6.07, 6.45) is 5.80. The molecule has 1 aliphatic rings. The van der Waals surface area contributed by atoms with E-state index in [9.17, 15) is 22.0 Å². The monoisotopic (exact) mass is 466 g/mol. The molecule has 0 aliphatic carbocycles. The van der Waals surface area contributed by atoms with Crippen molar-refractivity contribution in [2.24, 2.45) is 5.14 Å². The first-order chi connectivity index (χ1) is 15.1. The lowest BCUT2D eigenvalue weighted by Crippen LogP contribution is -2.31. The van der Waals surface area contributed by atoms with Crippen molar-refractivity contribution in [3.63, 3.8) is 0 Å². The molecule has 0 unspecified atom stereocenters. The van der Waals surface area contributed by atoms with Crippen molar-refractivity contribution >= 4 is 27.9 Å². The number of likely N-dealkylation sites (tertiary alicyclic amines) is 1. The number of allylic oxidation sites excluding steroid dienone is 1. The lowest BCUT2D eigenvalue weighted by atomic mass is 10.0. The second-order valence-electron chi connectivity index (χ2n) is 7.34. The molecule has 172 valence electrons. The molecule has 0 saturated carbocycles. The number of hydrogen-bond donors (Lipinski definition) is 3. The number of carbonyl (C=O) groups is 1. The van der Waals surface area contributed by atoms with Crippen molar-refractivity contribution in [2.75, 3.05) is 24.6 Å². The molecule has 1 aliphatic heterocycles. The van der Waals surface area contributed by atoms with Crippen molar-refractivity contribution in [3.8, 4) is 0 Å². The largest absolute Gasteiger partial charge is 0.383 e. The molecule has 12 heteroatoms. The third kappa shape index (κ3) is 5.51. The normalized spacial score (nSPS) is 16.6. The van der Waals surface area contributed by atoms with Gasteiger partial charge in [-0.25, -0.2) is 27.0 Å². The van der Waals surface area contributed by atoms with E-state index in [1.54, 1.807) is 6.08 Å². The Morgan fingerprint density at radius 1 is 1.38 bits per heavy atom. The zero-order valence-electron chi connectivity index (χ0n) is 17.2. The van der Waals surface area contributed by atoms with Gasteiger partial charge in [-0.2, -0.15) is 5.10 Å². The molecule has 1 aromatic heterocycles. The molecule has 9 nitrogen and oxygen atoms in total. The van der Waals surface area contributed by atoms with E-state index in [2.05, 4.69) is 17.0 Å². The van der Waals surface area contributed by atoms with Crippen LogP contribution < -0.4 is 16.2 Å². The van der Waals surface area contributed by atoms with E-state index in [-0.39, 0.29) is 29.5 Å². The van der Waals surface area contributed by atoms with E-state index in [0.717, 1.165) is 18.6 Å². The second kappa shape index (κ2) is 9.49. The third-order valence-electron chi connectivity index (χ3n) is 5.10. The van der Waals surface area contributed by atoms with Gasteiger partial charge in [-0.05, 0) is 37.1 Å². The molecule has 0 radical (unpaired) electrons. The molecule has 5 N–H and O–H groups in total. The lowest BCUT2D eigenvalue weighted by molar-refractivity contribution is 0.0957. The molecule has 1 atom stereocenters. The molecule has 2 aromatic rings. The number of benzene rings is 1. The zero-order valence-corrected chi connectivity index (χ0v) is 18.0. The Morgan fingerprint density at radius 3 is 2.84 bits per heavy atom. The number of primary sulfonamides is 1. The van der Waals surface area contributed by atoms with Gasteiger partial charge in [0.1, 0.15) is 23.0 Å². The Balaban J connectivity index is 1.69. The number of sulfonamides is 1. The maximum Gasteiger partial charge on any atom is 0.256 e. The highest BCUT2D eigenvalue weighted by molar-refractivity contribution is 7.89. The Bertz CT molecular complexity index is 1160. The molecule has 0 bridgehead atoms. The van der Waals surface area contributed by atoms with Gasteiger partial charge in [0, 0.05) is 30.5 Å². The van der Waals surface area contributed by atoms with Gasteiger partial charge in [-0.3, -0.25) is 4.79 Å². The first-order valence-electron chi connectivity index (χ1n) is 9.77. The molecule has 32 heavy (non-hydrogen) atoms. The summed E-state index contributed by atoms with van der Waals surface area (Å²) in [7, 11) is -3.70. The van der Waals surface area contributed by atoms with Gasteiger partial charge < -0.3 is 16.0 Å². The smallest absolute Gasteiger partial charge is 0.256 e. The van der Waals surface area contributed by atoms with Crippen LogP contribution in [0.2, 0.25) is 0 Å². The summed E-state index contributed by atoms with van der Waals surface area (Å²) >= 11 is 0. The van der Waals surface area contributed by atoms with Gasteiger partial charge in [-0.15, -0.1) is 0 Å². The molecule has 1 amide bonds. The third-order valence-corrected chi connectivity index (χ3v) is 5.87. The first kappa shape index (κ1) is 23.4. The molecule has 1 aromatic carbocycles. The minimum atomic E-state index is -3.70. The summed E-state index contributed by atoms with van der Waals surface area (Å²) in [6.45, 7) is 4.46. The number of rotatable bonds is 8. The van der Waals surface area contributed by atoms with Crippen LogP contribution in [0.25, 0.3) is 6.20 Å². The number of nitrogens with one attached hydrogen (secondary N) is 1. The van der Waals surface area contributed by atoms with E-state index in [0.29, 0.717) is 18.7 Å². The standard InChI is InChI=1S/C20H24F2N6O3S/c1-13(27-8-2-3-18(27)15-11-14(21)4-5-17(15)22)6-9-28-19(23)16(12-26-28)20(29)25-7-10-32(24,30)31/h4-6,9,11-12,18H,1-3,7-8,10,23H2,(H,25,29)(H2,24,30,31)/b9-6-/t18-/m1/s1. The van der Waals surface area contributed by atoms with Crippen molar-refractivity contribution < 1.29 is 22.0 Å². The number of halogens is 2. The summed E-state index contributed by atoms with van der Waals surface area (Å²) in [5, 5.41) is 11.3. The Hall–Kier alpha value is -3.25. The highest BCUT2D eigenvalue weighted by atomic mass is 32.2. The fraction of sp³-hybridized carbons (Fsp3) is 0.300. The Kier molecular flexibility index (Phi) is 6.94. The lowest BCUT2D eigenvalue weighted by Gasteiger charge is -2.27. The number of aromatic nitrogens is 2. The molecular formula is C20H24F2N6O3S. The predicted molar refractivity (Wildman–Crippen MR) is 116 cm³/mol. The second-order valence-corrected chi connectivity index (χ2v) is 9.07. The van der Waals surface area contributed by atoms with E-state index in [1.165, 1.54) is 23.1 Å². The summed E-state index contributed by atoms with van der Waals surface area (Å²) in [6, 6.07) is 3.04. The van der Waals surface area contributed by atoms with Crippen molar-refractivity contribution in [1.29, 1.82) is 0 Å². The van der Waals surface area contributed by atoms with Gasteiger partial charge in [0.15, 0.2) is 0 Å². The maximum absolute atomic E-state index is 14.2. The summed E-state index contributed by atoms with van der Waals surface area (Å²) < 4.78 is 51.0. The van der Waals surface area contributed by atoms with Gasteiger partial charge in [0.25, 0.3) is 5.91 Å². The van der Waals surface area contributed by atoms with Gasteiger partial charge in [0.2, 0.25) is 10.0 Å². The van der Waals surface area contributed by atoms with Crippen molar-refractivity contribution in [1.82, 2.24) is 20.0 Å². The number of nitrogen functional groups attached to an aromatic ring is 1. The van der Waals surface area contributed by atoms with Crippen LogP contribution in [0.5, 0.6) is 0 Å². The van der Waals surface area contributed by atoms with E-state index in [4.69, 9.17) is 10.9 Å². The number of nitrogens with zero attached hydrogens (tertiary/aromatic N) is 3. The van der Waals surface area contributed by atoms with E-state index < -0.39 is 33.3 Å². The number of amides is 1. The van der Waals surface area contributed by atoms with E-state index >= 15 is 0 Å². The Morgan fingerprint density at radius 2 is 2.12 bits per heavy atom. The SMILES string of the molecule is C=C(/C=C\n1ncc(C(=O)NCCS(N)(=O)=O)c1N)N1CCC[C@@H]1c1cc(F)ccc1F. The fourth-order valence-corrected chi connectivity index (χ4v) is 3.91. The number of carbonyl (C=O) groups excluding carboxylic acids is 1. The minimum absolute atomic E-state index is 0.0382. The summed E-state index contributed by atoms with van der Waals surface area (Å²) in [4.78, 5) is 14.0. The van der Waals surface area contributed by atoms with E-state index in [1.807, 2.05) is 4.90 Å². The van der Waals surface area contributed by atoms with Crippen LogP contribution >= 0.6 is 0 Å². The van der Waals surface area contributed by atoms with Crippen LogP contribution in [0.1, 0.15) is 34.8 Å². The number of nitrogens with two attached hydrogens (primary N) is 2. The minimum Gasteiger partial charge on any atom is -0.383 e. The predicted octanol–water partition coefficient (Wildman–Crippen LogP) is 1.58. The van der Waals surface area contributed by atoms with Crippen LogP contribution in [0.3, 0.4) is 0 Å². The van der Waals surface area contributed by atoms with Crippen LogP contribution in [0, 0.1) is 11.6 Å². The summed E-state index contributed by atoms with van der Waals surface area (Å²) in [5.41, 5.74) is 6.85. The van der Waals surface area contributed by atoms with Crippen LogP contribution in [-0.4, -0.2) is 47.8 Å². The average molecular weight is 467 g/mol. The van der Waals surface area contributed by atoms with Crippen LogP contribution in [-0.2, 0) is 10.0 Å². The fourth-order valence-electron chi connectivity index (χ4n) is 3.52. The number of anilines is 1. The highest BCUT2D eigenvalue weighted by Gasteiger charge is 2.28. The van der Waals surface area contributed by atoms with Crippen LogP contribution in [0.4, 0.5) is 14.6 Å². The average Bonchev–Trinajstić information content (AvgIpc) is 3.34. The molecule has 0 spiro atoms. The molecule has 1 saturated heterocycles. The molecule has 3 rings (SSSR count). The highest BCUT2D eigenvalue weighted by Crippen LogP contribution is 2.36. The first-order valence-corrected chi connectivity index (χ1v) is 11.5. The summed E-state index contributed by atoms with van der Waals surface area (Å²) in [5.74, 6) is -1.94. The molecule has 1 fully saturated rings. The van der Waals surface area contributed by atoms with Gasteiger partial charge in [-0.1, -0.05) is 6.58 Å². The quantitative estimate of drug-likeness (QED) is 0.506. The van der Waals surface area contributed by atoms with Gasteiger partial charge >= 0.3 is 0 Å². The number of hydrogen-bond acceptors (Lipinski definition) is 6.